The second-order valence-electron chi connectivity index (χ2n) is 5.16. The van der Waals surface area contributed by atoms with Crippen LogP contribution in [-0.4, -0.2) is 42.0 Å². The van der Waals surface area contributed by atoms with E-state index in [9.17, 15) is 19.2 Å². The van der Waals surface area contributed by atoms with E-state index in [0.29, 0.717) is 11.3 Å². The van der Waals surface area contributed by atoms with Crippen molar-refractivity contribution in [2.45, 2.75) is 26.3 Å². The molecule has 8 nitrogen and oxygen atoms in total. The molecule has 1 aromatic rings. The van der Waals surface area contributed by atoms with Gasteiger partial charge in [0.1, 0.15) is 6.04 Å². The summed E-state index contributed by atoms with van der Waals surface area (Å²) in [5.74, 6) is -2.82. The summed E-state index contributed by atoms with van der Waals surface area (Å²) in [5.41, 5.74) is 0.879. The number of carbonyl (C=O) groups is 4. The van der Waals surface area contributed by atoms with Crippen molar-refractivity contribution >= 4 is 29.4 Å². The quantitative estimate of drug-likeness (QED) is 0.505. The van der Waals surface area contributed by atoms with Gasteiger partial charge in [0.2, 0.25) is 5.91 Å². The van der Waals surface area contributed by atoms with Gasteiger partial charge in [0.25, 0.3) is 5.91 Å². The van der Waals surface area contributed by atoms with E-state index in [2.05, 4.69) is 15.4 Å². The molecule has 8 heteroatoms. The summed E-state index contributed by atoms with van der Waals surface area (Å²) in [7, 11) is 1.27. The molecule has 0 fully saturated rings. The summed E-state index contributed by atoms with van der Waals surface area (Å²) >= 11 is 0. The summed E-state index contributed by atoms with van der Waals surface area (Å²) < 4.78 is 4.58. The number of nitrogens with one attached hydrogen (secondary N) is 2. The summed E-state index contributed by atoms with van der Waals surface area (Å²) in [6.07, 6.45) is 1.26. The molecule has 0 bridgehead atoms. The maximum absolute atomic E-state index is 12.0. The van der Waals surface area contributed by atoms with Crippen LogP contribution < -0.4 is 10.6 Å². The number of methoxy groups -OCH3 is 1. The highest BCUT2D eigenvalue weighted by atomic mass is 16.5. The van der Waals surface area contributed by atoms with Crippen LogP contribution in [0.15, 0.2) is 35.9 Å². The van der Waals surface area contributed by atoms with Crippen molar-refractivity contribution in [3.05, 3.63) is 41.5 Å². The lowest BCUT2D eigenvalue weighted by molar-refractivity contribution is -0.141. The van der Waals surface area contributed by atoms with Crippen molar-refractivity contribution in [1.82, 2.24) is 5.32 Å². The second-order valence-corrected chi connectivity index (χ2v) is 5.16. The molecule has 0 aliphatic rings. The highest BCUT2D eigenvalue weighted by molar-refractivity contribution is 6.07. The minimum absolute atomic E-state index is 0.106. The van der Waals surface area contributed by atoms with Gasteiger partial charge in [-0.25, -0.2) is 9.59 Å². The Morgan fingerprint density at radius 3 is 2.28 bits per heavy atom. The maximum Gasteiger partial charge on any atom is 0.337 e. The molecule has 0 aliphatic heterocycles. The maximum atomic E-state index is 12.0. The normalized spacial score (nSPS) is 12.0. The van der Waals surface area contributed by atoms with Crippen LogP contribution in [0.5, 0.6) is 0 Å². The van der Waals surface area contributed by atoms with Gasteiger partial charge in [-0.05, 0) is 37.6 Å². The minimum Gasteiger partial charge on any atom is -0.480 e. The fraction of sp³-hybridized carbons (Fsp3) is 0.294. The third-order valence-electron chi connectivity index (χ3n) is 3.29. The highest BCUT2D eigenvalue weighted by Gasteiger charge is 2.17. The van der Waals surface area contributed by atoms with Crippen molar-refractivity contribution < 1.29 is 29.0 Å². The van der Waals surface area contributed by atoms with E-state index in [0.717, 1.165) is 6.08 Å². The molecular formula is C17H20N2O6. The third kappa shape index (κ3) is 6.09. The van der Waals surface area contributed by atoms with E-state index in [1.165, 1.54) is 38.3 Å². The number of carboxylic acids is 1. The van der Waals surface area contributed by atoms with E-state index in [1.54, 1.807) is 6.92 Å². The fourth-order valence-electron chi connectivity index (χ4n) is 1.85. The number of benzene rings is 1. The lowest BCUT2D eigenvalue weighted by atomic mass is 10.2. The van der Waals surface area contributed by atoms with Crippen LogP contribution in [0.4, 0.5) is 5.69 Å². The number of ether oxygens (including phenoxy) is 1. The van der Waals surface area contributed by atoms with Gasteiger partial charge in [0.05, 0.1) is 12.7 Å². The van der Waals surface area contributed by atoms with Crippen LogP contribution in [-0.2, 0) is 19.1 Å². The highest BCUT2D eigenvalue weighted by Crippen LogP contribution is 2.11. The number of carboxylic acid groups (broad SMARTS) is 1. The van der Waals surface area contributed by atoms with Crippen LogP contribution in [0.2, 0.25) is 0 Å². The molecule has 2 amide bonds. The zero-order valence-corrected chi connectivity index (χ0v) is 14.2. The van der Waals surface area contributed by atoms with E-state index >= 15 is 0 Å². The Kier molecular flexibility index (Phi) is 7.33. The molecule has 0 spiro atoms. The number of rotatable bonds is 7. The molecule has 0 radical (unpaired) electrons. The largest absolute Gasteiger partial charge is 0.480 e. The number of esters is 1. The monoisotopic (exact) mass is 348 g/mol. The molecule has 25 heavy (non-hydrogen) atoms. The molecule has 3 N–H and O–H groups in total. The summed E-state index contributed by atoms with van der Waals surface area (Å²) in [5, 5.41) is 13.8. The van der Waals surface area contributed by atoms with Gasteiger partial charge in [0.15, 0.2) is 0 Å². The first-order valence-electron chi connectivity index (χ1n) is 7.49. The number of hydrogen-bond donors (Lipinski definition) is 3. The Morgan fingerprint density at radius 2 is 1.80 bits per heavy atom. The number of carbonyl (C=O) groups excluding carboxylic acids is 3. The predicted molar refractivity (Wildman–Crippen MR) is 90.0 cm³/mol. The van der Waals surface area contributed by atoms with Gasteiger partial charge in [-0.2, -0.15) is 0 Å². The smallest absolute Gasteiger partial charge is 0.337 e. The Balaban J connectivity index is 2.71. The van der Waals surface area contributed by atoms with Crippen LogP contribution in [0.3, 0.4) is 0 Å². The van der Waals surface area contributed by atoms with Crippen molar-refractivity contribution in [2.24, 2.45) is 0 Å². The molecule has 1 unspecified atom stereocenters. The van der Waals surface area contributed by atoms with Crippen molar-refractivity contribution in [3.8, 4) is 0 Å². The first-order valence-corrected chi connectivity index (χ1v) is 7.49. The lowest BCUT2D eigenvalue weighted by Gasteiger charge is -2.11. The molecule has 0 saturated carbocycles. The first kappa shape index (κ1) is 19.9. The molecule has 1 aromatic carbocycles. The zero-order valence-electron chi connectivity index (χ0n) is 14.2. The Labute approximate surface area is 144 Å². The van der Waals surface area contributed by atoms with Gasteiger partial charge >= 0.3 is 11.9 Å². The molecule has 1 rings (SSSR count). The van der Waals surface area contributed by atoms with Gasteiger partial charge in [0, 0.05) is 17.3 Å². The standard InChI is InChI=1S/C17H20N2O6/c1-4-13(16(22)23)19-14(20)9-10(2)15(21)18-12-7-5-11(6-8-12)17(24)25-3/h5-9,13H,4H2,1-3H3,(H,18,21)(H,19,20)(H,22,23)/b10-9+. The van der Waals surface area contributed by atoms with Crippen molar-refractivity contribution in [3.63, 3.8) is 0 Å². The van der Waals surface area contributed by atoms with E-state index < -0.39 is 29.8 Å². The molecular weight excluding hydrogens is 328 g/mol. The van der Waals surface area contributed by atoms with Gasteiger partial charge in [-0.15, -0.1) is 0 Å². The third-order valence-corrected chi connectivity index (χ3v) is 3.29. The van der Waals surface area contributed by atoms with Gasteiger partial charge < -0.3 is 20.5 Å². The SMILES string of the molecule is CCC(NC(=O)/C=C(\C)C(=O)Nc1ccc(C(=O)OC)cc1)C(=O)O. The molecule has 1 atom stereocenters. The number of anilines is 1. The van der Waals surface area contributed by atoms with Crippen LogP contribution in [0, 0.1) is 0 Å². The van der Waals surface area contributed by atoms with Crippen LogP contribution in [0.1, 0.15) is 30.6 Å². The van der Waals surface area contributed by atoms with Crippen molar-refractivity contribution in [1.29, 1.82) is 0 Å². The van der Waals surface area contributed by atoms with Crippen LogP contribution >= 0.6 is 0 Å². The summed E-state index contributed by atoms with van der Waals surface area (Å²) in [6, 6.07) is 5.02. The first-order chi connectivity index (χ1) is 11.8. The second kappa shape index (κ2) is 9.21. The van der Waals surface area contributed by atoms with Gasteiger partial charge in [-0.3, -0.25) is 9.59 Å². The average Bonchev–Trinajstić information content (AvgIpc) is 2.59. The number of amides is 2. The lowest BCUT2D eigenvalue weighted by Crippen LogP contribution is -2.39. The average molecular weight is 348 g/mol. The summed E-state index contributed by atoms with van der Waals surface area (Å²) in [6.45, 7) is 3.06. The van der Waals surface area contributed by atoms with E-state index in [4.69, 9.17) is 5.11 Å². The van der Waals surface area contributed by atoms with Gasteiger partial charge in [-0.1, -0.05) is 6.92 Å². The molecule has 0 heterocycles. The Hall–Kier alpha value is -3.16. The zero-order chi connectivity index (χ0) is 19.0. The van der Waals surface area contributed by atoms with Crippen LogP contribution in [0.25, 0.3) is 0 Å². The minimum atomic E-state index is -1.14. The molecule has 0 aromatic heterocycles. The topological polar surface area (TPSA) is 122 Å². The summed E-state index contributed by atoms with van der Waals surface area (Å²) in [4.78, 5) is 46.0. The van der Waals surface area contributed by atoms with E-state index in [-0.39, 0.29) is 12.0 Å². The Bertz CT molecular complexity index is 694. The molecule has 134 valence electrons. The molecule has 0 aliphatic carbocycles. The molecule has 0 saturated heterocycles. The number of aliphatic carboxylic acids is 1. The number of hydrogen-bond acceptors (Lipinski definition) is 5. The Morgan fingerprint density at radius 1 is 1.20 bits per heavy atom. The van der Waals surface area contributed by atoms with E-state index in [1.807, 2.05) is 0 Å². The van der Waals surface area contributed by atoms with Crippen molar-refractivity contribution in [2.75, 3.05) is 12.4 Å². The fourth-order valence-corrected chi connectivity index (χ4v) is 1.85. The predicted octanol–water partition coefficient (Wildman–Crippen LogP) is 1.34.